The molecule has 2 N–H and O–H groups in total. The molecule has 2 fully saturated rings. The first-order chi connectivity index (χ1) is 8.27. The summed E-state index contributed by atoms with van der Waals surface area (Å²) in [6.07, 6.45) is 6.49. The van der Waals surface area contributed by atoms with E-state index in [1.807, 2.05) is 11.3 Å². The largest absolute Gasteiger partial charge is 0.326 e. The van der Waals surface area contributed by atoms with Gasteiger partial charge in [0.2, 0.25) is 0 Å². The van der Waals surface area contributed by atoms with Crippen molar-refractivity contribution in [3.63, 3.8) is 0 Å². The summed E-state index contributed by atoms with van der Waals surface area (Å²) in [7, 11) is 0. The third-order valence-corrected chi connectivity index (χ3v) is 5.84. The van der Waals surface area contributed by atoms with Crippen LogP contribution < -0.4 is 5.73 Å². The number of nitrogens with zero attached hydrogens (tertiary/aromatic N) is 1. The molecule has 0 spiro atoms. The lowest BCUT2D eigenvalue weighted by molar-refractivity contribution is 0.178. The van der Waals surface area contributed by atoms with E-state index < -0.39 is 0 Å². The van der Waals surface area contributed by atoms with Crippen molar-refractivity contribution < 1.29 is 0 Å². The molecule has 0 aromatic carbocycles. The summed E-state index contributed by atoms with van der Waals surface area (Å²) in [4.78, 5) is 4.11. The Morgan fingerprint density at radius 2 is 2.12 bits per heavy atom. The van der Waals surface area contributed by atoms with Gasteiger partial charge in [-0.05, 0) is 59.6 Å². The highest BCUT2D eigenvalue weighted by atomic mass is 79.9. The van der Waals surface area contributed by atoms with Gasteiger partial charge in [-0.1, -0.05) is 6.42 Å². The highest BCUT2D eigenvalue weighted by Gasteiger charge is 2.39. The van der Waals surface area contributed by atoms with Crippen LogP contribution in [0.15, 0.2) is 15.9 Å². The van der Waals surface area contributed by atoms with Crippen LogP contribution in [0.5, 0.6) is 0 Å². The van der Waals surface area contributed by atoms with Crippen LogP contribution in [0.1, 0.15) is 43.0 Å². The Bertz CT molecular complexity index is 389. The first-order valence-corrected chi connectivity index (χ1v) is 8.19. The van der Waals surface area contributed by atoms with Gasteiger partial charge in [0, 0.05) is 21.4 Å². The van der Waals surface area contributed by atoms with Crippen LogP contribution in [-0.2, 0) is 0 Å². The number of rotatable bonds is 2. The number of likely N-dealkylation sites (tertiary alicyclic amines) is 1. The van der Waals surface area contributed by atoms with Crippen LogP contribution in [0.25, 0.3) is 0 Å². The van der Waals surface area contributed by atoms with Gasteiger partial charge in [-0.2, -0.15) is 0 Å². The molecule has 1 aliphatic heterocycles. The van der Waals surface area contributed by atoms with E-state index in [1.54, 1.807) is 0 Å². The summed E-state index contributed by atoms with van der Waals surface area (Å²) in [6.45, 7) is 1.23. The number of nitrogens with two attached hydrogens (primary N) is 1. The maximum absolute atomic E-state index is 6.44. The van der Waals surface area contributed by atoms with Crippen LogP contribution in [0.3, 0.4) is 0 Å². The molecule has 2 heterocycles. The molecule has 94 valence electrons. The summed E-state index contributed by atoms with van der Waals surface area (Å²) in [6, 6.07) is 3.70. The second kappa shape index (κ2) is 5.00. The average molecular weight is 315 g/mol. The highest BCUT2D eigenvalue weighted by molar-refractivity contribution is 9.10. The van der Waals surface area contributed by atoms with Gasteiger partial charge in [0.25, 0.3) is 0 Å². The third kappa shape index (κ3) is 2.46. The first kappa shape index (κ1) is 12.2. The van der Waals surface area contributed by atoms with Crippen molar-refractivity contribution in [2.75, 3.05) is 6.54 Å². The van der Waals surface area contributed by atoms with E-state index >= 15 is 0 Å². The van der Waals surface area contributed by atoms with E-state index in [2.05, 4.69) is 32.3 Å². The maximum Gasteiger partial charge on any atom is 0.0607 e. The van der Waals surface area contributed by atoms with Gasteiger partial charge in [0.05, 0.1) is 6.04 Å². The van der Waals surface area contributed by atoms with Crippen LogP contribution in [0, 0.1) is 0 Å². The monoisotopic (exact) mass is 314 g/mol. The predicted octanol–water partition coefficient (Wildman–Crippen LogP) is 3.53. The molecule has 2 aliphatic rings. The van der Waals surface area contributed by atoms with Gasteiger partial charge in [-0.25, -0.2) is 0 Å². The second-order valence-corrected chi connectivity index (χ2v) is 7.01. The van der Waals surface area contributed by atoms with Gasteiger partial charge >= 0.3 is 0 Å². The molecular formula is C13H19BrN2S. The lowest BCUT2D eigenvalue weighted by atomic mass is 10.0. The Balaban J connectivity index is 1.92. The Labute approximate surface area is 115 Å². The molecular weight excluding hydrogens is 296 g/mol. The van der Waals surface area contributed by atoms with Gasteiger partial charge in [-0.3, -0.25) is 4.90 Å². The van der Waals surface area contributed by atoms with Gasteiger partial charge in [0.15, 0.2) is 0 Å². The molecule has 2 nitrogen and oxygen atoms in total. The number of thiophene rings is 1. The van der Waals surface area contributed by atoms with E-state index in [9.17, 15) is 0 Å². The third-order valence-electron chi connectivity index (χ3n) is 3.90. The molecule has 0 bridgehead atoms. The minimum absolute atomic E-state index is 0.299. The zero-order valence-electron chi connectivity index (χ0n) is 9.94. The van der Waals surface area contributed by atoms with Crippen molar-refractivity contribution in [2.45, 2.75) is 50.2 Å². The summed E-state index contributed by atoms with van der Waals surface area (Å²) in [5.41, 5.74) is 6.44. The summed E-state index contributed by atoms with van der Waals surface area (Å²) in [5.74, 6) is 0. The topological polar surface area (TPSA) is 29.3 Å². The second-order valence-electron chi connectivity index (χ2n) is 5.21. The zero-order valence-corrected chi connectivity index (χ0v) is 12.3. The predicted molar refractivity (Wildman–Crippen MR) is 76.3 cm³/mol. The SMILES string of the molecule is NC1CCCCN(C2CC2)C1c1sccc1Br. The number of halogens is 1. The maximum atomic E-state index is 6.44. The fourth-order valence-corrected chi connectivity index (χ4v) is 4.70. The molecule has 1 aromatic heterocycles. The van der Waals surface area contributed by atoms with Gasteiger partial charge < -0.3 is 5.73 Å². The zero-order chi connectivity index (χ0) is 11.8. The normalized spacial score (nSPS) is 31.4. The Morgan fingerprint density at radius 3 is 2.76 bits per heavy atom. The van der Waals surface area contributed by atoms with Crippen molar-refractivity contribution >= 4 is 27.3 Å². The lowest BCUT2D eigenvalue weighted by Gasteiger charge is -2.33. The average Bonchev–Trinajstić information content (AvgIpc) is 3.08. The number of hydrogen-bond acceptors (Lipinski definition) is 3. The molecule has 2 atom stereocenters. The lowest BCUT2D eigenvalue weighted by Crippen LogP contribution is -2.40. The van der Waals surface area contributed by atoms with Crippen LogP contribution in [-0.4, -0.2) is 23.5 Å². The highest BCUT2D eigenvalue weighted by Crippen LogP contribution is 2.42. The van der Waals surface area contributed by atoms with Crippen molar-refractivity contribution in [1.82, 2.24) is 4.90 Å². The molecule has 4 heteroatoms. The molecule has 1 aliphatic carbocycles. The fourth-order valence-electron chi connectivity index (χ4n) is 2.89. The fraction of sp³-hybridized carbons (Fsp3) is 0.692. The Morgan fingerprint density at radius 1 is 1.29 bits per heavy atom. The van der Waals surface area contributed by atoms with E-state index in [4.69, 9.17) is 5.73 Å². The first-order valence-electron chi connectivity index (χ1n) is 6.51. The Kier molecular flexibility index (Phi) is 3.57. The van der Waals surface area contributed by atoms with E-state index in [0.29, 0.717) is 12.1 Å². The summed E-state index contributed by atoms with van der Waals surface area (Å²) < 4.78 is 1.25. The molecule has 0 radical (unpaired) electrons. The van der Waals surface area contributed by atoms with E-state index in [-0.39, 0.29) is 0 Å². The van der Waals surface area contributed by atoms with Crippen molar-refractivity contribution in [3.05, 3.63) is 20.8 Å². The molecule has 1 saturated carbocycles. The van der Waals surface area contributed by atoms with E-state index in [0.717, 1.165) is 12.5 Å². The van der Waals surface area contributed by atoms with Crippen LogP contribution in [0.2, 0.25) is 0 Å². The van der Waals surface area contributed by atoms with Crippen molar-refractivity contribution in [3.8, 4) is 0 Å². The van der Waals surface area contributed by atoms with Gasteiger partial charge in [0.1, 0.15) is 0 Å². The molecule has 1 aromatic rings. The molecule has 1 saturated heterocycles. The number of hydrogen-bond donors (Lipinski definition) is 1. The quantitative estimate of drug-likeness (QED) is 0.905. The molecule has 0 amide bonds. The summed E-state index contributed by atoms with van der Waals surface area (Å²) >= 11 is 5.53. The van der Waals surface area contributed by atoms with Crippen molar-refractivity contribution in [2.24, 2.45) is 5.73 Å². The standard InChI is InChI=1S/C13H19BrN2S/c14-10-6-8-17-13(10)12-11(15)3-1-2-7-16(12)9-4-5-9/h6,8-9,11-12H,1-5,7,15H2. The minimum atomic E-state index is 0.299. The van der Waals surface area contributed by atoms with Gasteiger partial charge in [-0.15, -0.1) is 11.3 Å². The Hall–Kier alpha value is 0.100. The van der Waals surface area contributed by atoms with Crippen LogP contribution in [0.4, 0.5) is 0 Å². The minimum Gasteiger partial charge on any atom is -0.326 e. The van der Waals surface area contributed by atoms with Crippen LogP contribution >= 0.6 is 27.3 Å². The summed E-state index contributed by atoms with van der Waals surface area (Å²) in [5, 5.41) is 2.17. The van der Waals surface area contributed by atoms with Crippen molar-refractivity contribution in [1.29, 1.82) is 0 Å². The molecule has 17 heavy (non-hydrogen) atoms. The molecule has 3 rings (SSSR count). The smallest absolute Gasteiger partial charge is 0.0607 e. The molecule has 2 unspecified atom stereocenters. The van der Waals surface area contributed by atoms with E-state index in [1.165, 1.54) is 41.6 Å².